The van der Waals surface area contributed by atoms with Crippen molar-refractivity contribution >= 4 is 5.96 Å². The highest BCUT2D eigenvalue weighted by molar-refractivity contribution is 5.77. The highest BCUT2D eigenvalue weighted by atomic mass is 16.5. The number of nitrogens with zero attached hydrogens (tertiary/aromatic N) is 1. The number of benzene rings is 1. The molecule has 0 atom stereocenters. The molecule has 1 aliphatic rings. The van der Waals surface area contributed by atoms with Gasteiger partial charge in [-0.2, -0.15) is 0 Å². The minimum atomic E-state index is 0.530. The summed E-state index contributed by atoms with van der Waals surface area (Å²) in [6.07, 6.45) is 3.94. The third kappa shape index (κ3) is 4.15. The van der Waals surface area contributed by atoms with Crippen molar-refractivity contribution < 1.29 is 4.74 Å². The number of rotatable bonds is 6. The number of aryl methyl sites for hydroxylation is 2. The molecule has 1 aromatic carbocycles. The Morgan fingerprint density at radius 2 is 2.05 bits per heavy atom. The molecule has 110 valence electrons. The zero-order valence-electron chi connectivity index (χ0n) is 12.5. The third-order valence-electron chi connectivity index (χ3n) is 3.81. The van der Waals surface area contributed by atoms with Crippen LogP contribution in [0.3, 0.4) is 0 Å². The Balaban J connectivity index is 1.68. The van der Waals surface area contributed by atoms with Crippen LogP contribution in [0, 0.1) is 19.8 Å². The van der Waals surface area contributed by atoms with Gasteiger partial charge in [0.15, 0.2) is 5.96 Å². The minimum absolute atomic E-state index is 0.530. The summed E-state index contributed by atoms with van der Waals surface area (Å²) in [5.41, 5.74) is 8.15. The van der Waals surface area contributed by atoms with Gasteiger partial charge in [0.2, 0.25) is 0 Å². The van der Waals surface area contributed by atoms with Crippen LogP contribution in [0.5, 0.6) is 5.75 Å². The Labute approximate surface area is 121 Å². The van der Waals surface area contributed by atoms with Crippen LogP contribution >= 0.6 is 0 Å². The van der Waals surface area contributed by atoms with Crippen LogP contribution in [0.15, 0.2) is 23.2 Å². The lowest BCUT2D eigenvalue weighted by Crippen LogP contribution is -2.35. The van der Waals surface area contributed by atoms with Gasteiger partial charge < -0.3 is 15.8 Å². The van der Waals surface area contributed by atoms with Crippen LogP contribution in [0.1, 0.15) is 30.4 Å². The van der Waals surface area contributed by atoms with Gasteiger partial charge in [0.05, 0.1) is 6.54 Å². The summed E-state index contributed by atoms with van der Waals surface area (Å²) in [7, 11) is 0. The predicted octanol–water partition coefficient (Wildman–Crippen LogP) is 2.39. The Morgan fingerprint density at radius 1 is 1.35 bits per heavy atom. The molecule has 0 amide bonds. The van der Waals surface area contributed by atoms with Crippen molar-refractivity contribution in [3.05, 3.63) is 29.3 Å². The lowest BCUT2D eigenvalue weighted by molar-refractivity contribution is 0.316. The molecule has 0 spiro atoms. The molecule has 0 radical (unpaired) electrons. The maximum atomic E-state index is 5.82. The molecule has 1 aromatic rings. The molecule has 0 aliphatic heterocycles. The van der Waals surface area contributed by atoms with Gasteiger partial charge in [-0.15, -0.1) is 0 Å². The lowest BCUT2D eigenvalue weighted by atomic mass is 9.86. The molecule has 1 fully saturated rings. The van der Waals surface area contributed by atoms with Gasteiger partial charge in [0, 0.05) is 6.54 Å². The second-order valence-electron chi connectivity index (χ2n) is 5.52. The normalized spacial score (nSPS) is 15.8. The van der Waals surface area contributed by atoms with E-state index in [9.17, 15) is 0 Å². The topological polar surface area (TPSA) is 59.6 Å². The van der Waals surface area contributed by atoms with Crippen molar-refractivity contribution in [2.45, 2.75) is 33.1 Å². The quantitative estimate of drug-likeness (QED) is 0.476. The van der Waals surface area contributed by atoms with Gasteiger partial charge in [-0.3, -0.25) is 4.99 Å². The first-order valence-corrected chi connectivity index (χ1v) is 7.39. The monoisotopic (exact) mass is 275 g/mol. The SMILES string of the molecule is Cc1cccc(C)c1OCCNC(N)=NCC1CCC1. The lowest BCUT2D eigenvalue weighted by Gasteiger charge is -2.23. The molecule has 1 saturated carbocycles. The Hall–Kier alpha value is -1.71. The largest absolute Gasteiger partial charge is 0.491 e. The molecule has 2 rings (SSSR count). The standard InChI is InChI=1S/C16H25N3O/c1-12-5-3-6-13(2)15(12)20-10-9-18-16(17)19-11-14-7-4-8-14/h3,5-6,14H,4,7-11H2,1-2H3,(H3,17,18,19). The number of guanidine groups is 1. The van der Waals surface area contributed by atoms with E-state index in [-0.39, 0.29) is 0 Å². The molecule has 0 heterocycles. The van der Waals surface area contributed by atoms with Crippen molar-refractivity contribution in [3.63, 3.8) is 0 Å². The zero-order chi connectivity index (χ0) is 14.4. The van der Waals surface area contributed by atoms with Crippen molar-refractivity contribution in [3.8, 4) is 5.75 Å². The molecule has 20 heavy (non-hydrogen) atoms. The molecule has 3 N–H and O–H groups in total. The predicted molar refractivity (Wildman–Crippen MR) is 83.2 cm³/mol. The second kappa shape index (κ2) is 7.17. The third-order valence-corrected chi connectivity index (χ3v) is 3.81. The zero-order valence-corrected chi connectivity index (χ0v) is 12.5. The summed E-state index contributed by atoms with van der Waals surface area (Å²) in [6, 6.07) is 6.16. The van der Waals surface area contributed by atoms with Crippen LogP contribution in [-0.2, 0) is 0 Å². The van der Waals surface area contributed by atoms with Crippen molar-refractivity contribution in [2.24, 2.45) is 16.6 Å². The van der Waals surface area contributed by atoms with Gasteiger partial charge in [-0.25, -0.2) is 0 Å². The summed E-state index contributed by atoms with van der Waals surface area (Å²) in [4.78, 5) is 4.35. The number of hydrogen-bond acceptors (Lipinski definition) is 2. The van der Waals surface area contributed by atoms with Crippen LogP contribution < -0.4 is 15.8 Å². The Morgan fingerprint density at radius 3 is 2.65 bits per heavy atom. The fourth-order valence-electron chi connectivity index (χ4n) is 2.32. The van der Waals surface area contributed by atoms with Crippen LogP contribution in [0.4, 0.5) is 0 Å². The number of para-hydroxylation sites is 1. The first-order chi connectivity index (χ1) is 9.66. The van der Waals surface area contributed by atoms with Crippen molar-refractivity contribution in [1.29, 1.82) is 0 Å². The van der Waals surface area contributed by atoms with E-state index in [1.807, 2.05) is 6.07 Å². The fraction of sp³-hybridized carbons (Fsp3) is 0.562. The molecule has 4 nitrogen and oxygen atoms in total. The molecular formula is C16H25N3O. The summed E-state index contributed by atoms with van der Waals surface area (Å²) in [5.74, 6) is 2.25. The number of nitrogens with two attached hydrogens (primary N) is 1. The number of ether oxygens (including phenoxy) is 1. The summed E-state index contributed by atoms with van der Waals surface area (Å²) in [5, 5.41) is 3.10. The van der Waals surface area contributed by atoms with Crippen molar-refractivity contribution in [2.75, 3.05) is 19.7 Å². The van der Waals surface area contributed by atoms with Crippen LogP contribution in [-0.4, -0.2) is 25.7 Å². The van der Waals surface area contributed by atoms with E-state index >= 15 is 0 Å². The molecule has 0 unspecified atom stereocenters. The molecule has 1 aliphatic carbocycles. The molecule has 0 saturated heterocycles. The summed E-state index contributed by atoms with van der Waals surface area (Å²) < 4.78 is 5.80. The molecule has 0 aromatic heterocycles. The van der Waals surface area contributed by atoms with E-state index in [1.165, 1.54) is 19.3 Å². The average Bonchev–Trinajstić information content (AvgIpc) is 2.35. The maximum Gasteiger partial charge on any atom is 0.188 e. The maximum absolute atomic E-state index is 5.82. The number of hydrogen-bond donors (Lipinski definition) is 2. The summed E-state index contributed by atoms with van der Waals surface area (Å²) >= 11 is 0. The fourth-order valence-corrected chi connectivity index (χ4v) is 2.32. The van der Waals surface area contributed by atoms with Crippen LogP contribution in [0.2, 0.25) is 0 Å². The highest BCUT2D eigenvalue weighted by Gasteiger charge is 2.16. The van der Waals surface area contributed by atoms with E-state index in [4.69, 9.17) is 10.5 Å². The van der Waals surface area contributed by atoms with Crippen molar-refractivity contribution in [1.82, 2.24) is 5.32 Å². The number of nitrogens with one attached hydrogen (secondary N) is 1. The Kier molecular flexibility index (Phi) is 5.27. The van der Waals surface area contributed by atoms with Gasteiger partial charge in [0.1, 0.15) is 12.4 Å². The molecular weight excluding hydrogens is 250 g/mol. The Bertz CT molecular complexity index is 447. The van der Waals surface area contributed by atoms with E-state index in [1.54, 1.807) is 0 Å². The van der Waals surface area contributed by atoms with E-state index in [2.05, 4.69) is 36.3 Å². The van der Waals surface area contributed by atoms with E-state index < -0.39 is 0 Å². The first kappa shape index (κ1) is 14.7. The first-order valence-electron chi connectivity index (χ1n) is 7.39. The van der Waals surface area contributed by atoms with Gasteiger partial charge >= 0.3 is 0 Å². The average molecular weight is 275 g/mol. The number of aliphatic imine (C=N–C) groups is 1. The van der Waals surface area contributed by atoms with Crippen LogP contribution in [0.25, 0.3) is 0 Å². The minimum Gasteiger partial charge on any atom is -0.491 e. The van der Waals surface area contributed by atoms with Gasteiger partial charge in [-0.1, -0.05) is 24.6 Å². The van der Waals surface area contributed by atoms with Gasteiger partial charge in [-0.05, 0) is 43.7 Å². The highest BCUT2D eigenvalue weighted by Crippen LogP contribution is 2.26. The van der Waals surface area contributed by atoms with Gasteiger partial charge in [0.25, 0.3) is 0 Å². The van der Waals surface area contributed by atoms with E-state index in [0.717, 1.165) is 29.3 Å². The second-order valence-corrected chi connectivity index (χ2v) is 5.52. The summed E-state index contributed by atoms with van der Waals surface area (Å²) in [6.45, 7) is 6.24. The van der Waals surface area contributed by atoms with E-state index in [0.29, 0.717) is 19.1 Å². The molecule has 4 heteroatoms. The molecule has 0 bridgehead atoms. The smallest absolute Gasteiger partial charge is 0.188 e.